The molecule has 0 bridgehead atoms. The van der Waals surface area contributed by atoms with Crippen LogP contribution in [0, 0.1) is 5.92 Å². The summed E-state index contributed by atoms with van der Waals surface area (Å²) >= 11 is 0. The van der Waals surface area contributed by atoms with E-state index in [1.54, 1.807) is 0 Å². The summed E-state index contributed by atoms with van der Waals surface area (Å²) in [7, 11) is 0. The lowest BCUT2D eigenvalue weighted by molar-refractivity contribution is 0.359. The smallest absolute Gasteiger partial charge is 0.0422 e. The Labute approximate surface area is 109 Å². The molecule has 1 fully saturated rings. The average molecular weight is 239 g/mol. The SMILES string of the molecule is CC1CCCC(Nc2cccc3ccccc23)C1. The minimum atomic E-state index is 0.652. The molecule has 18 heavy (non-hydrogen) atoms. The molecule has 2 atom stereocenters. The van der Waals surface area contributed by atoms with Crippen LogP contribution in [-0.2, 0) is 0 Å². The third kappa shape index (κ3) is 2.35. The van der Waals surface area contributed by atoms with Crippen molar-refractivity contribution in [2.24, 2.45) is 5.92 Å². The fourth-order valence-corrected chi connectivity index (χ4v) is 3.14. The van der Waals surface area contributed by atoms with Crippen LogP contribution in [0.5, 0.6) is 0 Å². The van der Waals surface area contributed by atoms with E-state index in [1.165, 1.54) is 42.1 Å². The lowest BCUT2D eigenvalue weighted by Gasteiger charge is -2.28. The Morgan fingerprint density at radius 2 is 1.83 bits per heavy atom. The lowest BCUT2D eigenvalue weighted by atomic mass is 9.87. The zero-order valence-corrected chi connectivity index (χ0v) is 11.0. The highest BCUT2D eigenvalue weighted by atomic mass is 14.9. The van der Waals surface area contributed by atoms with E-state index in [9.17, 15) is 0 Å². The Balaban J connectivity index is 1.86. The van der Waals surface area contributed by atoms with Crippen LogP contribution < -0.4 is 5.32 Å². The third-order valence-electron chi connectivity index (χ3n) is 4.09. The predicted molar refractivity (Wildman–Crippen MR) is 79.0 cm³/mol. The number of nitrogens with one attached hydrogen (secondary N) is 1. The first kappa shape index (κ1) is 11.6. The highest BCUT2D eigenvalue weighted by molar-refractivity contribution is 5.93. The van der Waals surface area contributed by atoms with Crippen LogP contribution in [0.4, 0.5) is 5.69 Å². The zero-order chi connectivity index (χ0) is 12.4. The van der Waals surface area contributed by atoms with E-state index in [0.717, 1.165) is 5.92 Å². The molecule has 2 aromatic rings. The van der Waals surface area contributed by atoms with Gasteiger partial charge in [0.05, 0.1) is 0 Å². The summed E-state index contributed by atoms with van der Waals surface area (Å²) in [4.78, 5) is 0. The molecule has 1 aliphatic carbocycles. The first-order valence-electron chi connectivity index (χ1n) is 7.07. The van der Waals surface area contributed by atoms with Gasteiger partial charge in [-0.1, -0.05) is 56.2 Å². The van der Waals surface area contributed by atoms with Crippen molar-refractivity contribution in [3.05, 3.63) is 42.5 Å². The highest BCUT2D eigenvalue weighted by Gasteiger charge is 2.18. The van der Waals surface area contributed by atoms with Gasteiger partial charge >= 0.3 is 0 Å². The number of fused-ring (bicyclic) bond motifs is 1. The van der Waals surface area contributed by atoms with Crippen LogP contribution in [0.2, 0.25) is 0 Å². The van der Waals surface area contributed by atoms with Gasteiger partial charge in [0.15, 0.2) is 0 Å². The van der Waals surface area contributed by atoms with Gasteiger partial charge in [0.2, 0.25) is 0 Å². The quantitative estimate of drug-likeness (QED) is 0.791. The number of rotatable bonds is 2. The molecule has 0 amide bonds. The van der Waals surface area contributed by atoms with Crippen LogP contribution >= 0.6 is 0 Å². The molecule has 1 saturated carbocycles. The third-order valence-corrected chi connectivity index (χ3v) is 4.09. The molecule has 3 rings (SSSR count). The molecule has 1 aliphatic rings. The topological polar surface area (TPSA) is 12.0 Å². The summed E-state index contributed by atoms with van der Waals surface area (Å²) in [5, 5.41) is 6.43. The van der Waals surface area contributed by atoms with Crippen molar-refractivity contribution < 1.29 is 0 Å². The molecule has 1 N–H and O–H groups in total. The number of hydrogen-bond acceptors (Lipinski definition) is 1. The maximum atomic E-state index is 3.75. The summed E-state index contributed by atoms with van der Waals surface area (Å²) in [6, 6.07) is 15.8. The predicted octanol–water partition coefficient (Wildman–Crippen LogP) is 4.83. The van der Waals surface area contributed by atoms with Crippen molar-refractivity contribution in [3.8, 4) is 0 Å². The van der Waals surface area contributed by atoms with Crippen LogP contribution in [0.1, 0.15) is 32.6 Å². The molecule has 2 unspecified atom stereocenters. The Morgan fingerprint density at radius 3 is 2.72 bits per heavy atom. The molecule has 0 heterocycles. The van der Waals surface area contributed by atoms with E-state index in [-0.39, 0.29) is 0 Å². The van der Waals surface area contributed by atoms with Crippen LogP contribution in [-0.4, -0.2) is 6.04 Å². The van der Waals surface area contributed by atoms with E-state index in [0.29, 0.717) is 6.04 Å². The van der Waals surface area contributed by atoms with Crippen molar-refractivity contribution in [1.29, 1.82) is 0 Å². The van der Waals surface area contributed by atoms with Gasteiger partial charge in [-0.15, -0.1) is 0 Å². The Kier molecular flexibility index (Phi) is 3.22. The molecule has 0 radical (unpaired) electrons. The van der Waals surface area contributed by atoms with Gasteiger partial charge in [0, 0.05) is 17.1 Å². The summed E-state index contributed by atoms with van der Waals surface area (Å²) in [5.41, 5.74) is 1.30. The molecule has 1 nitrogen and oxygen atoms in total. The fourth-order valence-electron chi connectivity index (χ4n) is 3.14. The number of anilines is 1. The van der Waals surface area contributed by atoms with E-state index in [4.69, 9.17) is 0 Å². The Hall–Kier alpha value is -1.50. The van der Waals surface area contributed by atoms with Crippen molar-refractivity contribution in [2.45, 2.75) is 38.6 Å². The second-order valence-corrected chi connectivity index (χ2v) is 5.64. The average Bonchev–Trinajstić information content (AvgIpc) is 2.39. The molecule has 94 valence electrons. The normalized spacial score (nSPS) is 24.1. The Bertz CT molecular complexity index is 527. The molecule has 2 aromatic carbocycles. The Morgan fingerprint density at radius 1 is 1.00 bits per heavy atom. The van der Waals surface area contributed by atoms with E-state index in [2.05, 4.69) is 54.7 Å². The van der Waals surface area contributed by atoms with Gasteiger partial charge in [0.1, 0.15) is 0 Å². The van der Waals surface area contributed by atoms with E-state index < -0.39 is 0 Å². The van der Waals surface area contributed by atoms with E-state index >= 15 is 0 Å². The largest absolute Gasteiger partial charge is 0.382 e. The second-order valence-electron chi connectivity index (χ2n) is 5.64. The van der Waals surface area contributed by atoms with Crippen molar-refractivity contribution in [1.82, 2.24) is 0 Å². The summed E-state index contributed by atoms with van der Waals surface area (Å²) < 4.78 is 0. The van der Waals surface area contributed by atoms with Crippen molar-refractivity contribution >= 4 is 16.5 Å². The number of hydrogen-bond donors (Lipinski definition) is 1. The van der Waals surface area contributed by atoms with E-state index in [1.807, 2.05) is 0 Å². The maximum absolute atomic E-state index is 3.75. The van der Waals surface area contributed by atoms with Gasteiger partial charge in [-0.05, 0) is 30.2 Å². The van der Waals surface area contributed by atoms with Gasteiger partial charge in [-0.3, -0.25) is 0 Å². The molecule has 0 aromatic heterocycles. The minimum absolute atomic E-state index is 0.652. The number of benzene rings is 2. The lowest BCUT2D eigenvalue weighted by Crippen LogP contribution is -2.26. The highest BCUT2D eigenvalue weighted by Crippen LogP contribution is 2.29. The van der Waals surface area contributed by atoms with Gasteiger partial charge in [0.25, 0.3) is 0 Å². The van der Waals surface area contributed by atoms with Gasteiger partial charge in [-0.2, -0.15) is 0 Å². The minimum Gasteiger partial charge on any atom is -0.382 e. The molecular weight excluding hydrogens is 218 g/mol. The molecular formula is C17H21N. The van der Waals surface area contributed by atoms with Crippen LogP contribution in [0.15, 0.2) is 42.5 Å². The van der Waals surface area contributed by atoms with Gasteiger partial charge < -0.3 is 5.32 Å². The summed E-state index contributed by atoms with van der Waals surface area (Å²) in [6.07, 6.45) is 5.38. The van der Waals surface area contributed by atoms with Gasteiger partial charge in [-0.25, -0.2) is 0 Å². The van der Waals surface area contributed by atoms with Crippen LogP contribution in [0.3, 0.4) is 0 Å². The maximum Gasteiger partial charge on any atom is 0.0422 e. The first-order valence-corrected chi connectivity index (χ1v) is 7.07. The first-order chi connectivity index (χ1) is 8.83. The van der Waals surface area contributed by atoms with Crippen molar-refractivity contribution in [3.63, 3.8) is 0 Å². The summed E-state index contributed by atoms with van der Waals surface area (Å²) in [6.45, 7) is 2.37. The monoisotopic (exact) mass is 239 g/mol. The molecule has 0 saturated heterocycles. The molecule has 0 aliphatic heterocycles. The summed E-state index contributed by atoms with van der Waals surface area (Å²) in [5.74, 6) is 0.867. The van der Waals surface area contributed by atoms with Crippen LogP contribution in [0.25, 0.3) is 10.8 Å². The fraction of sp³-hybridized carbons (Fsp3) is 0.412. The molecule has 0 spiro atoms. The van der Waals surface area contributed by atoms with Crippen molar-refractivity contribution in [2.75, 3.05) is 5.32 Å². The standard InChI is InChI=1S/C17H21N/c1-13-6-4-9-15(12-13)18-17-11-5-8-14-7-2-3-10-16(14)17/h2-3,5,7-8,10-11,13,15,18H,4,6,9,12H2,1H3. The second kappa shape index (κ2) is 5.01. The molecule has 1 heteroatoms. The zero-order valence-electron chi connectivity index (χ0n) is 11.0.